The predicted molar refractivity (Wildman–Crippen MR) is 112 cm³/mol. The molecule has 2 atom stereocenters. The lowest BCUT2D eigenvalue weighted by molar-refractivity contribution is -0.127. The van der Waals surface area contributed by atoms with Crippen LogP contribution in [0.1, 0.15) is 30.3 Å². The molecule has 0 saturated carbocycles. The van der Waals surface area contributed by atoms with Crippen molar-refractivity contribution in [2.45, 2.75) is 30.8 Å². The second-order valence-electron chi connectivity index (χ2n) is 7.21. The minimum Gasteiger partial charge on any atom is -0.373 e. The number of nitrogens with zero attached hydrogens (tertiary/aromatic N) is 3. The van der Waals surface area contributed by atoms with Gasteiger partial charge in [-0.25, -0.2) is 9.66 Å². The second-order valence-corrected chi connectivity index (χ2v) is 8.98. The standard InChI is InChI=1S/C22H23N3O4S/c1-17-23-13-14-24(17)25(30(27,28)20-10-6-3-7-11-20)22(26)19-12-15-29-21(16-19)18-8-4-2-5-9-18/h2-11,13-14,19,21H,12,15-16H2,1H3. The summed E-state index contributed by atoms with van der Waals surface area (Å²) in [6, 6.07) is 17.6. The van der Waals surface area contributed by atoms with E-state index < -0.39 is 21.8 Å². The molecule has 1 saturated heterocycles. The van der Waals surface area contributed by atoms with Crippen LogP contribution in [0.5, 0.6) is 0 Å². The monoisotopic (exact) mass is 425 g/mol. The Morgan fingerprint density at radius 2 is 1.77 bits per heavy atom. The van der Waals surface area contributed by atoms with Gasteiger partial charge in [-0.2, -0.15) is 8.42 Å². The number of hydrogen-bond donors (Lipinski definition) is 0. The molecule has 0 radical (unpaired) electrons. The maximum atomic E-state index is 13.6. The van der Waals surface area contributed by atoms with Gasteiger partial charge in [0.05, 0.1) is 11.0 Å². The molecule has 3 aromatic rings. The first-order valence-corrected chi connectivity index (χ1v) is 11.2. The molecule has 8 heteroatoms. The van der Waals surface area contributed by atoms with Gasteiger partial charge >= 0.3 is 0 Å². The first-order valence-electron chi connectivity index (χ1n) is 9.79. The van der Waals surface area contributed by atoms with Crippen molar-refractivity contribution >= 4 is 15.9 Å². The van der Waals surface area contributed by atoms with Crippen LogP contribution in [-0.4, -0.2) is 30.6 Å². The van der Waals surface area contributed by atoms with Crippen molar-refractivity contribution < 1.29 is 17.9 Å². The van der Waals surface area contributed by atoms with E-state index in [4.69, 9.17) is 4.74 Å². The molecule has 2 unspecified atom stereocenters. The molecule has 0 N–H and O–H groups in total. The predicted octanol–water partition coefficient (Wildman–Crippen LogP) is 3.21. The maximum Gasteiger partial charge on any atom is 0.284 e. The van der Waals surface area contributed by atoms with Crippen LogP contribution in [-0.2, 0) is 19.6 Å². The normalized spacial score (nSPS) is 19.4. The van der Waals surface area contributed by atoms with Crippen LogP contribution in [0.2, 0.25) is 0 Å². The van der Waals surface area contributed by atoms with Gasteiger partial charge in [-0.05, 0) is 37.5 Å². The van der Waals surface area contributed by atoms with Gasteiger partial charge in [-0.3, -0.25) is 4.79 Å². The highest BCUT2D eigenvalue weighted by atomic mass is 32.2. The maximum absolute atomic E-state index is 13.6. The van der Waals surface area contributed by atoms with Gasteiger partial charge in [-0.1, -0.05) is 48.5 Å². The van der Waals surface area contributed by atoms with Gasteiger partial charge in [0.1, 0.15) is 5.82 Å². The topological polar surface area (TPSA) is 81.5 Å². The molecule has 1 aromatic heterocycles. The number of amides is 1. The van der Waals surface area contributed by atoms with Crippen molar-refractivity contribution in [3.05, 3.63) is 84.4 Å². The number of benzene rings is 2. The molecule has 30 heavy (non-hydrogen) atoms. The number of hydrogen-bond acceptors (Lipinski definition) is 5. The second kappa shape index (κ2) is 8.41. The molecule has 2 aromatic carbocycles. The molecule has 2 heterocycles. The molecule has 156 valence electrons. The Morgan fingerprint density at radius 3 is 2.40 bits per heavy atom. The summed E-state index contributed by atoms with van der Waals surface area (Å²) in [4.78, 5) is 17.8. The number of sulfonamides is 1. The lowest BCUT2D eigenvalue weighted by Gasteiger charge is -2.33. The van der Waals surface area contributed by atoms with E-state index in [2.05, 4.69) is 4.98 Å². The molecule has 7 nitrogen and oxygen atoms in total. The third-order valence-electron chi connectivity index (χ3n) is 5.26. The van der Waals surface area contributed by atoms with Crippen LogP contribution in [0.15, 0.2) is 78.0 Å². The van der Waals surface area contributed by atoms with Gasteiger partial charge in [0, 0.05) is 24.9 Å². The average molecular weight is 426 g/mol. The third kappa shape index (κ3) is 3.88. The fourth-order valence-electron chi connectivity index (χ4n) is 3.67. The minimum absolute atomic E-state index is 0.0538. The van der Waals surface area contributed by atoms with E-state index in [1.807, 2.05) is 30.3 Å². The summed E-state index contributed by atoms with van der Waals surface area (Å²) in [6.07, 6.45) is 3.59. The number of aromatic nitrogens is 2. The van der Waals surface area contributed by atoms with Crippen molar-refractivity contribution in [2.24, 2.45) is 5.92 Å². The van der Waals surface area contributed by atoms with Crippen LogP contribution >= 0.6 is 0 Å². The lowest BCUT2D eigenvalue weighted by Crippen LogP contribution is -2.49. The van der Waals surface area contributed by atoms with Crippen LogP contribution in [0.3, 0.4) is 0 Å². The van der Waals surface area contributed by atoms with E-state index in [-0.39, 0.29) is 11.0 Å². The van der Waals surface area contributed by atoms with Gasteiger partial charge < -0.3 is 4.74 Å². The van der Waals surface area contributed by atoms with Gasteiger partial charge in [0.25, 0.3) is 15.9 Å². The van der Waals surface area contributed by atoms with Crippen molar-refractivity contribution in [2.75, 3.05) is 11.0 Å². The van der Waals surface area contributed by atoms with E-state index in [9.17, 15) is 13.2 Å². The highest BCUT2D eigenvalue weighted by Gasteiger charge is 2.39. The third-order valence-corrected chi connectivity index (χ3v) is 6.94. The Labute approximate surface area is 175 Å². The summed E-state index contributed by atoms with van der Waals surface area (Å²) >= 11 is 0. The molecule has 0 spiro atoms. The Hall–Kier alpha value is -2.97. The summed E-state index contributed by atoms with van der Waals surface area (Å²) in [5, 5.41) is 0. The smallest absolute Gasteiger partial charge is 0.284 e. The fourth-order valence-corrected chi connectivity index (χ4v) is 5.16. The van der Waals surface area contributed by atoms with Crippen molar-refractivity contribution in [3.8, 4) is 0 Å². The van der Waals surface area contributed by atoms with Gasteiger partial charge in [0.2, 0.25) is 0 Å². The minimum atomic E-state index is -4.11. The summed E-state index contributed by atoms with van der Waals surface area (Å²) in [5.41, 5.74) is 0.978. The molecule has 1 fully saturated rings. The van der Waals surface area contributed by atoms with E-state index in [1.54, 1.807) is 25.1 Å². The number of rotatable bonds is 5. The number of carbonyl (C=O) groups is 1. The Balaban J connectivity index is 1.69. The number of carbonyl (C=O) groups excluding carboxylic acids is 1. The van der Waals surface area contributed by atoms with Crippen LogP contribution < -0.4 is 4.41 Å². The Bertz CT molecular complexity index is 1110. The molecule has 0 aliphatic carbocycles. The first-order chi connectivity index (χ1) is 14.5. The summed E-state index contributed by atoms with van der Waals surface area (Å²) in [6.45, 7) is 2.05. The zero-order valence-electron chi connectivity index (χ0n) is 16.6. The first kappa shape index (κ1) is 20.3. The fraction of sp³-hybridized carbons (Fsp3) is 0.273. The molecule has 0 bridgehead atoms. The highest BCUT2D eigenvalue weighted by molar-refractivity contribution is 7.93. The van der Waals surface area contributed by atoms with Crippen LogP contribution in [0.25, 0.3) is 0 Å². The summed E-state index contributed by atoms with van der Waals surface area (Å²) < 4.78 is 34.9. The SMILES string of the molecule is Cc1nccn1N(C(=O)C1CCOC(c2ccccc2)C1)S(=O)(=O)c1ccccc1. The zero-order chi connectivity index (χ0) is 21.1. The molecule has 1 aliphatic rings. The van der Waals surface area contributed by atoms with Gasteiger partial charge in [-0.15, -0.1) is 4.41 Å². The number of ether oxygens (including phenoxy) is 1. The Morgan fingerprint density at radius 1 is 1.10 bits per heavy atom. The van der Waals surface area contributed by atoms with E-state index in [1.165, 1.54) is 29.2 Å². The Kier molecular flexibility index (Phi) is 5.69. The quantitative estimate of drug-likeness (QED) is 0.627. The zero-order valence-corrected chi connectivity index (χ0v) is 17.4. The van der Waals surface area contributed by atoms with Crippen molar-refractivity contribution in [3.63, 3.8) is 0 Å². The van der Waals surface area contributed by atoms with Crippen LogP contribution in [0, 0.1) is 12.8 Å². The molecule has 1 amide bonds. The average Bonchev–Trinajstić information content (AvgIpc) is 3.20. The van der Waals surface area contributed by atoms with Gasteiger partial charge in [0.15, 0.2) is 0 Å². The molecule has 4 rings (SSSR count). The number of imidazole rings is 1. The summed E-state index contributed by atoms with van der Waals surface area (Å²) in [7, 11) is -4.11. The summed E-state index contributed by atoms with van der Waals surface area (Å²) in [5.74, 6) is -0.567. The van der Waals surface area contributed by atoms with Crippen molar-refractivity contribution in [1.82, 2.24) is 9.66 Å². The van der Waals surface area contributed by atoms with Crippen molar-refractivity contribution in [1.29, 1.82) is 0 Å². The van der Waals surface area contributed by atoms with E-state index >= 15 is 0 Å². The van der Waals surface area contributed by atoms with E-state index in [0.717, 1.165) is 9.98 Å². The van der Waals surface area contributed by atoms with Crippen LogP contribution in [0.4, 0.5) is 0 Å². The molecular formula is C22H23N3O4S. The molecule has 1 aliphatic heterocycles. The molecular weight excluding hydrogens is 402 g/mol. The lowest BCUT2D eigenvalue weighted by atomic mass is 9.91. The largest absolute Gasteiger partial charge is 0.373 e. The van der Waals surface area contributed by atoms with E-state index in [0.29, 0.717) is 25.3 Å². The number of aryl methyl sites for hydroxylation is 1. The highest BCUT2D eigenvalue weighted by Crippen LogP contribution is 2.33.